The van der Waals surface area contributed by atoms with E-state index in [0.717, 1.165) is 27.8 Å². The summed E-state index contributed by atoms with van der Waals surface area (Å²) in [5.41, 5.74) is 2.63. The molecule has 166 valence electrons. The third kappa shape index (κ3) is 4.99. The van der Waals surface area contributed by atoms with E-state index in [-0.39, 0.29) is 11.6 Å². The Bertz CT molecular complexity index is 1430. The van der Waals surface area contributed by atoms with Crippen LogP contribution in [0, 0.1) is 0 Å². The van der Waals surface area contributed by atoms with E-state index in [1.807, 2.05) is 54.6 Å². The number of nitrogens with one attached hydrogen (secondary N) is 2. The van der Waals surface area contributed by atoms with E-state index in [1.54, 1.807) is 36.8 Å². The normalized spacial score (nSPS) is 10.6. The van der Waals surface area contributed by atoms with Gasteiger partial charge >= 0.3 is 0 Å². The van der Waals surface area contributed by atoms with Gasteiger partial charge in [0.05, 0.1) is 0 Å². The van der Waals surface area contributed by atoms with Crippen molar-refractivity contribution in [1.29, 1.82) is 0 Å². The number of carbonyl (C=O) groups excluding carboxylic acids is 1. The van der Waals surface area contributed by atoms with Gasteiger partial charge in [0.2, 0.25) is 5.95 Å². The highest BCUT2D eigenvalue weighted by molar-refractivity contribution is 6.03. The lowest BCUT2D eigenvalue weighted by Gasteiger charge is -2.11. The molecule has 0 saturated heterocycles. The van der Waals surface area contributed by atoms with Gasteiger partial charge in [0, 0.05) is 35.4 Å². The van der Waals surface area contributed by atoms with Crippen LogP contribution in [0.4, 0.5) is 17.3 Å². The molecule has 7 nitrogen and oxygen atoms in total. The van der Waals surface area contributed by atoms with E-state index >= 15 is 0 Å². The number of carbonyl (C=O) groups is 1. The molecule has 34 heavy (non-hydrogen) atoms. The first-order valence-electron chi connectivity index (χ1n) is 10.8. The van der Waals surface area contributed by atoms with Crippen molar-refractivity contribution in [2.75, 3.05) is 10.6 Å². The zero-order valence-electron chi connectivity index (χ0n) is 18.2. The highest BCUT2D eigenvalue weighted by atomic mass is 16.5. The van der Waals surface area contributed by atoms with Gasteiger partial charge in [-0.25, -0.2) is 9.97 Å². The predicted octanol–water partition coefficient (Wildman–Crippen LogP) is 5.60. The van der Waals surface area contributed by atoms with Crippen molar-refractivity contribution in [1.82, 2.24) is 15.0 Å². The van der Waals surface area contributed by atoms with Gasteiger partial charge in [-0.1, -0.05) is 48.5 Å². The molecule has 2 heterocycles. The van der Waals surface area contributed by atoms with Crippen LogP contribution in [0.5, 0.6) is 5.75 Å². The largest absolute Gasteiger partial charge is 0.488 e. The molecule has 0 fully saturated rings. The van der Waals surface area contributed by atoms with E-state index in [2.05, 4.69) is 37.7 Å². The van der Waals surface area contributed by atoms with E-state index in [0.29, 0.717) is 18.2 Å². The molecule has 0 atom stereocenters. The molecule has 2 N–H and O–H groups in total. The number of rotatable bonds is 7. The van der Waals surface area contributed by atoms with Crippen LogP contribution in [-0.2, 0) is 6.61 Å². The number of aromatic nitrogens is 3. The molecule has 0 spiro atoms. The van der Waals surface area contributed by atoms with Crippen LogP contribution >= 0.6 is 0 Å². The Labute approximate surface area is 196 Å². The van der Waals surface area contributed by atoms with E-state index in [4.69, 9.17) is 4.74 Å². The van der Waals surface area contributed by atoms with Crippen molar-refractivity contribution < 1.29 is 9.53 Å². The molecule has 0 aliphatic heterocycles. The van der Waals surface area contributed by atoms with Gasteiger partial charge in [0.1, 0.15) is 18.1 Å². The van der Waals surface area contributed by atoms with E-state index < -0.39 is 0 Å². The Kier molecular flexibility index (Phi) is 6.07. The molecule has 3 aromatic carbocycles. The lowest BCUT2D eigenvalue weighted by Crippen LogP contribution is -2.15. The van der Waals surface area contributed by atoms with Gasteiger partial charge in [-0.05, 0) is 47.3 Å². The molecule has 0 aliphatic carbocycles. The highest BCUT2D eigenvalue weighted by Crippen LogP contribution is 2.26. The van der Waals surface area contributed by atoms with Gasteiger partial charge in [-0.2, -0.15) is 0 Å². The molecular formula is C27H21N5O2. The van der Waals surface area contributed by atoms with Gasteiger partial charge in [0.25, 0.3) is 5.91 Å². The number of anilines is 3. The third-order valence-electron chi connectivity index (χ3n) is 5.15. The van der Waals surface area contributed by atoms with Gasteiger partial charge in [-0.15, -0.1) is 0 Å². The number of benzene rings is 3. The lowest BCUT2D eigenvalue weighted by molar-refractivity contribution is 0.102. The van der Waals surface area contributed by atoms with Crippen LogP contribution in [0.25, 0.3) is 10.8 Å². The maximum absolute atomic E-state index is 12.8. The summed E-state index contributed by atoms with van der Waals surface area (Å²) in [7, 11) is 0. The van der Waals surface area contributed by atoms with Crippen LogP contribution < -0.4 is 15.4 Å². The molecule has 1 amide bonds. The molecule has 5 aromatic rings. The van der Waals surface area contributed by atoms with Gasteiger partial charge in [-0.3, -0.25) is 9.78 Å². The summed E-state index contributed by atoms with van der Waals surface area (Å²) in [6, 6.07) is 26.8. The molecule has 7 heteroatoms. The summed E-state index contributed by atoms with van der Waals surface area (Å²) in [6.45, 7) is 0.380. The number of fused-ring (bicyclic) bond motifs is 1. The summed E-state index contributed by atoms with van der Waals surface area (Å²) in [5, 5.41) is 8.15. The Morgan fingerprint density at radius 1 is 0.824 bits per heavy atom. The zero-order valence-corrected chi connectivity index (χ0v) is 18.2. The molecule has 0 bridgehead atoms. The number of pyridine rings is 1. The summed E-state index contributed by atoms with van der Waals surface area (Å²) >= 11 is 0. The first kappa shape index (κ1) is 21.1. The van der Waals surface area contributed by atoms with Crippen LogP contribution in [0.3, 0.4) is 0 Å². The fourth-order valence-corrected chi connectivity index (χ4v) is 3.53. The second-order valence-electron chi connectivity index (χ2n) is 7.55. The Hall–Kier alpha value is -4.78. The minimum atomic E-state index is -0.327. The number of hydrogen-bond acceptors (Lipinski definition) is 6. The second kappa shape index (κ2) is 9.79. The standard InChI is InChI=1S/C27H21N5O2/c33-26(24-13-16-29-27(32-24)31-21-11-14-28-15-12-21)30-22-8-3-5-19(17-22)18-34-25-10-4-7-20-6-1-2-9-23(20)25/h1-17H,18H2,(H,30,33)(H,28,29,31,32). The molecule has 5 rings (SSSR count). The predicted molar refractivity (Wildman–Crippen MR) is 132 cm³/mol. The van der Waals surface area contributed by atoms with Crippen molar-refractivity contribution >= 4 is 34.0 Å². The van der Waals surface area contributed by atoms with Crippen molar-refractivity contribution in [2.45, 2.75) is 6.61 Å². The Morgan fingerprint density at radius 2 is 1.65 bits per heavy atom. The van der Waals surface area contributed by atoms with Crippen molar-refractivity contribution in [2.24, 2.45) is 0 Å². The molecule has 0 aliphatic rings. The van der Waals surface area contributed by atoms with Gasteiger partial charge < -0.3 is 15.4 Å². The fourth-order valence-electron chi connectivity index (χ4n) is 3.53. The molecule has 2 aromatic heterocycles. The number of ether oxygens (including phenoxy) is 1. The monoisotopic (exact) mass is 447 g/mol. The van der Waals surface area contributed by atoms with Gasteiger partial charge in [0.15, 0.2) is 0 Å². The quantitative estimate of drug-likeness (QED) is 0.338. The number of hydrogen-bond donors (Lipinski definition) is 2. The molecule has 0 saturated carbocycles. The average Bonchev–Trinajstić information content (AvgIpc) is 2.88. The van der Waals surface area contributed by atoms with Crippen molar-refractivity contribution in [3.8, 4) is 5.75 Å². The first-order chi connectivity index (χ1) is 16.7. The van der Waals surface area contributed by atoms with Crippen LogP contribution in [0.2, 0.25) is 0 Å². The highest BCUT2D eigenvalue weighted by Gasteiger charge is 2.10. The summed E-state index contributed by atoms with van der Waals surface area (Å²) in [6.07, 6.45) is 4.87. The maximum Gasteiger partial charge on any atom is 0.274 e. The van der Waals surface area contributed by atoms with Crippen molar-refractivity contribution in [3.63, 3.8) is 0 Å². The van der Waals surface area contributed by atoms with Crippen LogP contribution in [0.1, 0.15) is 16.1 Å². The van der Waals surface area contributed by atoms with E-state index in [1.165, 1.54) is 0 Å². The molecule has 0 radical (unpaired) electrons. The lowest BCUT2D eigenvalue weighted by atomic mass is 10.1. The molecule has 0 unspecified atom stereocenters. The third-order valence-corrected chi connectivity index (χ3v) is 5.15. The first-order valence-corrected chi connectivity index (χ1v) is 10.8. The minimum Gasteiger partial charge on any atom is -0.488 e. The maximum atomic E-state index is 12.8. The topological polar surface area (TPSA) is 89.0 Å². The summed E-state index contributed by atoms with van der Waals surface area (Å²) < 4.78 is 6.08. The van der Waals surface area contributed by atoms with E-state index in [9.17, 15) is 4.79 Å². The Morgan fingerprint density at radius 3 is 2.56 bits per heavy atom. The number of nitrogens with zero attached hydrogens (tertiary/aromatic N) is 3. The molecular weight excluding hydrogens is 426 g/mol. The smallest absolute Gasteiger partial charge is 0.274 e. The SMILES string of the molecule is O=C(Nc1cccc(COc2cccc3ccccc23)c1)c1ccnc(Nc2ccncc2)n1. The van der Waals surface area contributed by atoms with Crippen LogP contribution in [-0.4, -0.2) is 20.9 Å². The van der Waals surface area contributed by atoms with Crippen molar-refractivity contribution in [3.05, 3.63) is 115 Å². The second-order valence-corrected chi connectivity index (χ2v) is 7.55. The van der Waals surface area contributed by atoms with Crippen LogP contribution in [0.15, 0.2) is 104 Å². The minimum absolute atomic E-state index is 0.254. The number of amides is 1. The fraction of sp³-hybridized carbons (Fsp3) is 0.0370. The Balaban J connectivity index is 1.26. The summed E-state index contributed by atoms with van der Waals surface area (Å²) in [5.74, 6) is 0.825. The summed E-state index contributed by atoms with van der Waals surface area (Å²) in [4.78, 5) is 25.2. The zero-order chi connectivity index (χ0) is 23.2. The average molecular weight is 447 g/mol.